The van der Waals surface area contributed by atoms with Crippen LogP contribution in [0.3, 0.4) is 0 Å². The maximum Gasteiger partial charge on any atom is 0.194 e. The van der Waals surface area contributed by atoms with Crippen LogP contribution in [0.1, 0.15) is 21.5 Å². The maximum absolute atomic E-state index is 12.4. The molecule has 0 saturated heterocycles. The van der Waals surface area contributed by atoms with E-state index in [-0.39, 0.29) is 5.78 Å². The van der Waals surface area contributed by atoms with Crippen molar-refractivity contribution in [3.05, 3.63) is 68.2 Å². The van der Waals surface area contributed by atoms with E-state index < -0.39 is 0 Å². The normalized spacial score (nSPS) is 10.4. The van der Waals surface area contributed by atoms with Crippen LogP contribution in [-0.4, -0.2) is 5.78 Å². The summed E-state index contributed by atoms with van der Waals surface area (Å²) in [6.07, 6.45) is 0. The van der Waals surface area contributed by atoms with E-state index in [0.29, 0.717) is 26.2 Å². The van der Waals surface area contributed by atoms with Gasteiger partial charge in [-0.15, -0.1) is 0 Å². The van der Waals surface area contributed by atoms with E-state index in [1.54, 1.807) is 36.4 Å². The molecule has 4 heteroatoms. The van der Waals surface area contributed by atoms with Gasteiger partial charge in [-0.2, -0.15) is 0 Å². The number of carbonyl (C=O) groups is 1. The molecule has 18 heavy (non-hydrogen) atoms. The Kier molecular flexibility index (Phi) is 3.96. The molecule has 0 amide bonds. The quantitative estimate of drug-likeness (QED) is 0.698. The van der Waals surface area contributed by atoms with Gasteiger partial charge in [0.2, 0.25) is 0 Å². The smallest absolute Gasteiger partial charge is 0.194 e. The van der Waals surface area contributed by atoms with Crippen LogP contribution in [0.5, 0.6) is 0 Å². The van der Waals surface area contributed by atoms with Crippen LogP contribution < -0.4 is 0 Å². The van der Waals surface area contributed by atoms with Gasteiger partial charge in [-0.25, -0.2) is 0 Å². The summed E-state index contributed by atoms with van der Waals surface area (Å²) in [5, 5.41) is 1.37. The monoisotopic (exact) mass is 298 g/mol. The zero-order valence-electron chi connectivity index (χ0n) is 9.51. The summed E-state index contributed by atoms with van der Waals surface area (Å²) >= 11 is 17.8. The van der Waals surface area contributed by atoms with Gasteiger partial charge in [-0.3, -0.25) is 4.79 Å². The van der Waals surface area contributed by atoms with Gasteiger partial charge in [-0.1, -0.05) is 40.9 Å². The molecule has 2 aromatic rings. The summed E-state index contributed by atoms with van der Waals surface area (Å²) < 4.78 is 0. The number of halogens is 3. The van der Waals surface area contributed by atoms with E-state index in [2.05, 4.69) is 0 Å². The van der Waals surface area contributed by atoms with Crippen molar-refractivity contribution < 1.29 is 4.79 Å². The Morgan fingerprint density at radius 3 is 2.11 bits per heavy atom. The lowest BCUT2D eigenvalue weighted by molar-refractivity contribution is 0.103. The molecule has 0 N–H and O–H groups in total. The molecule has 1 nitrogen and oxygen atoms in total. The van der Waals surface area contributed by atoms with Gasteiger partial charge in [0.1, 0.15) is 0 Å². The van der Waals surface area contributed by atoms with Gasteiger partial charge in [0.25, 0.3) is 0 Å². The van der Waals surface area contributed by atoms with Crippen molar-refractivity contribution in [1.29, 1.82) is 0 Å². The van der Waals surface area contributed by atoms with E-state index in [1.165, 1.54) is 0 Å². The van der Waals surface area contributed by atoms with Gasteiger partial charge in [0.15, 0.2) is 5.78 Å². The fraction of sp³-hybridized carbons (Fsp3) is 0.0714. The van der Waals surface area contributed by atoms with Crippen LogP contribution in [0, 0.1) is 6.92 Å². The SMILES string of the molecule is Cc1ccc(Cl)cc1C(=O)c1cc(Cl)ccc1Cl. The molecule has 0 bridgehead atoms. The molecule has 0 unspecified atom stereocenters. The van der Waals surface area contributed by atoms with Crippen LogP contribution >= 0.6 is 34.8 Å². The molecule has 0 atom stereocenters. The Morgan fingerprint density at radius 1 is 0.889 bits per heavy atom. The third kappa shape index (κ3) is 2.69. The minimum absolute atomic E-state index is 0.178. The van der Waals surface area contributed by atoms with Crippen molar-refractivity contribution in [2.75, 3.05) is 0 Å². The van der Waals surface area contributed by atoms with Gasteiger partial charge >= 0.3 is 0 Å². The van der Waals surface area contributed by atoms with E-state index >= 15 is 0 Å². The number of hydrogen-bond donors (Lipinski definition) is 0. The number of aryl methyl sites for hydroxylation is 1. The molecule has 0 aliphatic heterocycles. The minimum Gasteiger partial charge on any atom is -0.289 e. The van der Waals surface area contributed by atoms with Gasteiger partial charge in [-0.05, 0) is 42.8 Å². The summed E-state index contributed by atoms with van der Waals surface area (Å²) in [4.78, 5) is 12.4. The fourth-order valence-corrected chi connectivity index (χ4v) is 2.20. The predicted molar refractivity (Wildman–Crippen MR) is 76.1 cm³/mol. The maximum atomic E-state index is 12.4. The largest absolute Gasteiger partial charge is 0.289 e. The number of hydrogen-bond acceptors (Lipinski definition) is 1. The summed E-state index contributed by atoms with van der Waals surface area (Å²) in [6.45, 7) is 1.85. The molecule has 0 aliphatic rings. The second kappa shape index (κ2) is 5.31. The van der Waals surface area contributed by atoms with Gasteiger partial charge in [0.05, 0.1) is 5.02 Å². The lowest BCUT2D eigenvalue weighted by atomic mass is 9.99. The van der Waals surface area contributed by atoms with E-state index in [1.807, 2.05) is 6.92 Å². The number of rotatable bonds is 2. The lowest BCUT2D eigenvalue weighted by Crippen LogP contribution is -2.04. The molecule has 0 fully saturated rings. The fourth-order valence-electron chi connectivity index (χ4n) is 1.66. The number of ketones is 1. The minimum atomic E-state index is -0.178. The number of benzene rings is 2. The van der Waals surface area contributed by atoms with Crippen LogP contribution in [0.25, 0.3) is 0 Å². The molecule has 0 aliphatic carbocycles. The molecule has 0 saturated carbocycles. The van der Waals surface area contributed by atoms with Crippen molar-refractivity contribution in [2.24, 2.45) is 0 Å². The van der Waals surface area contributed by atoms with Gasteiger partial charge < -0.3 is 0 Å². The highest BCUT2D eigenvalue weighted by Gasteiger charge is 2.15. The topological polar surface area (TPSA) is 17.1 Å². The Labute approximate surface area is 120 Å². The summed E-state index contributed by atoms with van der Waals surface area (Å²) in [7, 11) is 0. The lowest BCUT2D eigenvalue weighted by Gasteiger charge is -2.07. The summed E-state index contributed by atoms with van der Waals surface area (Å²) in [6, 6.07) is 9.99. The van der Waals surface area contributed by atoms with Crippen molar-refractivity contribution in [3.8, 4) is 0 Å². The molecule has 0 heterocycles. The highest BCUT2D eigenvalue weighted by molar-refractivity contribution is 6.37. The molecule has 92 valence electrons. The second-order valence-corrected chi connectivity index (χ2v) is 5.19. The predicted octanol–water partition coefficient (Wildman–Crippen LogP) is 5.19. The van der Waals surface area contributed by atoms with E-state index in [9.17, 15) is 4.79 Å². The first-order valence-corrected chi connectivity index (χ1v) is 6.38. The van der Waals surface area contributed by atoms with Crippen LogP contribution in [0.15, 0.2) is 36.4 Å². The second-order valence-electron chi connectivity index (χ2n) is 3.91. The van der Waals surface area contributed by atoms with Crippen molar-refractivity contribution in [3.63, 3.8) is 0 Å². The molecule has 2 rings (SSSR count). The standard InChI is InChI=1S/C14H9Cl3O/c1-8-2-3-9(15)6-11(8)14(18)12-7-10(16)4-5-13(12)17/h2-7H,1H3. The van der Waals surface area contributed by atoms with Crippen LogP contribution in [-0.2, 0) is 0 Å². The van der Waals surface area contributed by atoms with E-state index in [4.69, 9.17) is 34.8 Å². The van der Waals surface area contributed by atoms with Crippen molar-refractivity contribution in [1.82, 2.24) is 0 Å². The van der Waals surface area contributed by atoms with Gasteiger partial charge in [0, 0.05) is 21.2 Å². The highest BCUT2D eigenvalue weighted by Crippen LogP contribution is 2.25. The van der Waals surface area contributed by atoms with Crippen LogP contribution in [0.2, 0.25) is 15.1 Å². The first kappa shape index (κ1) is 13.4. The highest BCUT2D eigenvalue weighted by atomic mass is 35.5. The zero-order chi connectivity index (χ0) is 13.3. The zero-order valence-corrected chi connectivity index (χ0v) is 11.8. The van der Waals surface area contributed by atoms with E-state index in [0.717, 1.165) is 5.56 Å². The average molecular weight is 300 g/mol. The molecule has 2 aromatic carbocycles. The molecular formula is C14H9Cl3O. The molecular weight excluding hydrogens is 291 g/mol. The van der Waals surface area contributed by atoms with Crippen molar-refractivity contribution in [2.45, 2.75) is 6.92 Å². The Morgan fingerprint density at radius 2 is 1.44 bits per heavy atom. The summed E-state index contributed by atoms with van der Waals surface area (Å²) in [5.74, 6) is -0.178. The average Bonchev–Trinajstić information content (AvgIpc) is 2.34. The molecule has 0 radical (unpaired) electrons. The molecule has 0 aromatic heterocycles. The van der Waals surface area contributed by atoms with Crippen LogP contribution in [0.4, 0.5) is 0 Å². The Hall–Kier alpha value is -1.02. The first-order chi connectivity index (χ1) is 8.49. The Balaban J connectivity index is 2.54. The molecule has 0 spiro atoms. The third-order valence-electron chi connectivity index (χ3n) is 2.62. The number of carbonyl (C=O) groups excluding carboxylic acids is 1. The summed E-state index contributed by atoms with van der Waals surface area (Å²) in [5.41, 5.74) is 1.77. The van der Waals surface area contributed by atoms with Crippen molar-refractivity contribution >= 4 is 40.6 Å². The Bertz CT molecular complexity index is 567. The first-order valence-electron chi connectivity index (χ1n) is 5.25. The third-order valence-corrected chi connectivity index (χ3v) is 3.42.